The molecule has 51 heavy (non-hydrogen) atoms. The van der Waals surface area contributed by atoms with Gasteiger partial charge in [-0.1, -0.05) is 6.07 Å². The Morgan fingerprint density at radius 2 is 1.61 bits per heavy atom. The number of amides is 1. The number of pyridine rings is 1. The largest absolute Gasteiger partial charge is 0.496 e. The van der Waals surface area contributed by atoms with Crippen LogP contribution in [-0.2, 0) is 49.7 Å². The molecule has 0 bridgehead atoms. The molecule has 3 heterocycles. The Morgan fingerprint density at radius 1 is 0.941 bits per heavy atom. The van der Waals surface area contributed by atoms with Crippen LogP contribution in [-0.4, -0.2) is 126 Å². The number of carbonyl (C=O) groups is 2. The summed E-state index contributed by atoms with van der Waals surface area (Å²) < 4.78 is 69.3. The molecule has 3 aromatic rings. The number of carbonyl (C=O) groups excluding carboxylic acids is 2. The average molecular weight is 735 g/mol. The van der Waals surface area contributed by atoms with Crippen molar-refractivity contribution in [3.8, 4) is 16.9 Å². The van der Waals surface area contributed by atoms with Gasteiger partial charge < -0.3 is 38.5 Å². The highest BCUT2D eigenvalue weighted by atomic mass is 32.2. The van der Waals surface area contributed by atoms with Gasteiger partial charge in [0.25, 0.3) is 0 Å². The first-order valence-corrected chi connectivity index (χ1v) is 18.4. The van der Waals surface area contributed by atoms with Crippen molar-refractivity contribution in [2.75, 3.05) is 80.1 Å². The number of methoxy groups -OCH3 is 2. The summed E-state index contributed by atoms with van der Waals surface area (Å²) in [4.78, 5) is 23.7. The molecule has 0 saturated carbocycles. The third-order valence-corrected chi connectivity index (χ3v) is 9.86. The van der Waals surface area contributed by atoms with Crippen LogP contribution in [0, 0.1) is 0 Å². The topological polar surface area (TPSA) is 165 Å². The molecular formula is C35H50N4O11S. The second-order valence-corrected chi connectivity index (χ2v) is 14.6. The number of esters is 1. The van der Waals surface area contributed by atoms with E-state index in [2.05, 4.69) is 10.4 Å². The van der Waals surface area contributed by atoms with Crippen LogP contribution in [0.1, 0.15) is 39.2 Å². The van der Waals surface area contributed by atoms with Crippen molar-refractivity contribution in [3.05, 3.63) is 48.3 Å². The van der Waals surface area contributed by atoms with Crippen LogP contribution in [0.4, 0.5) is 4.79 Å². The lowest BCUT2D eigenvalue weighted by molar-refractivity contribution is -0.139. The zero-order valence-electron chi connectivity index (χ0n) is 30.1. The van der Waals surface area contributed by atoms with Gasteiger partial charge in [0.1, 0.15) is 11.4 Å². The normalized spacial score (nSPS) is 14.5. The lowest BCUT2D eigenvalue weighted by Gasteiger charge is -2.31. The minimum atomic E-state index is -3.89. The van der Waals surface area contributed by atoms with Gasteiger partial charge in [-0.05, 0) is 63.4 Å². The van der Waals surface area contributed by atoms with Gasteiger partial charge in [0.05, 0.1) is 89.6 Å². The highest BCUT2D eigenvalue weighted by Gasteiger charge is 2.33. The van der Waals surface area contributed by atoms with Gasteiger partial charge in [-0.3, -0.25) is 4.79 Å². The van der Waals surface area contributed by atoms with Gasteiger partial charge in [0, 0.05) is 37.0 Å². The fraction of sp³-hybridized carbons (Fsp3) is 0.571. The van der Waals surface area contributed by atoms with Gasteiger partial charge >= 0.3 is 12.1 Å². The number of nitrogens with one attached hydrogen (secondary N) is 1. The number of aromatic nitrogens is 2. The fourth-order valence-electron chi connectivity index (χ4n) is 5.46. The number of hydrogen-bond acceptors (Lipinski definition) is 12. The molecule has 15 nitrogen and oxygen atoms in total. The van der Waals surface area contributed by atoms with Crippen molar-refractivity contribution < 1.29 is 51.2 Å². The average Bonchev–Trinajstić information content (AvgIpc) is 3.50. The van der Waals surface area contributed by atoms with Crippen molar-refractivity contribution in [3.63, 3.8) is 0 Å². The summed E-state index contributed by atoms with van der Waals surface area (Å²) in [7, 11) is -1.07. The molecule has 1 N–H and O–H groups in total. The molecule has 0 spiro atoms. The van der Waals surface area contributed by atoms with Crippen molar-refractivity contribution in [2.45, 2.75) is 56.6 Å². The number of fused-ring (bicyclic) bond motifs is 1. The van der Waals surface area contributed by atoms with Crippen LogP contribution in [0.3, 0.4) is 0 Å². The Morgan fingerprint density at radius 3 is 2.25 bits per heavy atom. The molecule has 2 aromatic heterocycles. The molecular weight excluding hydrogens is 684 g/mol. The monoisotopic (exact) mass is 734 g/mol. The molecule has 1 aliphatic rings. The van der Waals surface area contributed by atoms with E-state index < -0.39 is 27.7 Å². The van der Waals surface area contributed by atoms with Crippen LogP contribution in [0.5, 0.6) is 5.75 Å². The minimum absolute atomic E-state index is 0.0359. The second kappa shape index (κ2) is 19.2. The number of nitrogens with zero attached hydrogens (tertiary/aromatic N) is 3. The predicted molar refractivity (Wildman–Crippen MR) is 187 cm³/mol. The number of benzene rings is 1. The molecule has 1 aliphatic heterocycles. The fourth-order valence-corrected chi connectivity index (χ4v) is 7.16. The standard InChI is InChI=1S/C35H50N4O11S/c1-35(2,3)50-34(41)36-12-16-46-17-18-47-19-20-48-21-22-49-28-10-13-38(14-11-28)51(42,43)31-8-6-7-30(44-4)33(31)26-9-15-39-29(23-26)27(25-37-39)24-32(40)45-5/h6-9,15,23,25,28H,10-14,16-22,24H2,1-5H3,(H,36,41). The van der Waals surface area contributed by atoms with Gasteiger partial charge in [-0.2, -0.15) is 9.40 Å². The maximum Gasteiger partial charge on any atom is 0.407 e. The summed E-state index contributed by atoms with van der Waals surface area (Å²) in [6, 6.07) is 8.57. The zero-order chi connectivity index (χ0) is 36.9. The maximum atomic E-state index is 14.1. The second-order valence-electron chi connectivity index (χ2n) is 12.7. The van der Waals surface area contributed by atoms with E-state index in [1.54, 1.807) is 61.9 Å². The third kappa shape index (κ3) is 11.9. The molecule has 1 saturated heterocycles. The first-order chi connectivity index (χ1) is 24.4. The first-order valence-electron chi connectivity index (χ1n) is 16.9. The number of ether oxygens (including phenoxy) is 7. The van der Waals surface area contributed by atoms with E-state index in [0.717, 1.165) is 0 Å². The van der Waals surface area contributed by atoms with E-state index in [1.165, 1.54) is 18.5 Å². The van der Waals surface area contributed by atoms with Crippen molar-refractivity contribution in [2.24, 2.45) is 0 Å². The molecule has 1 amide bonds. The number of hydrogen-bond donors (Lipinski definition) is 1. The molecule has 0 radical (unpaired) electrons. The summed E-state index contributed by atoms with van der Waals surface area (Å²) in [5.74, 6) is 0.0135. The smallest absolute Gasteiger partial charge is 0.407 e. The summed E-state index contributed by atoms with van der Waals surface area (Å²) in [5, 5.41) is 6.94. The van der Waals surface area contributed by atoms with Crippen LogP contribution >= 0.6 is 0 Å². The van der Waals surface area contributed by atoms with Gasteiger partial charge in [0.15, 0.2) is 0 Å². The van der Waals surface area contributed by atoms with Gasteiger partial charge in [-0.15, -0.1) is 0 Å². The minimum Gasteiger partial charge on any atom is -0.496 e. The zero-order valence-corrected chi connectivity index (χ0v) is 30.9. The summed E-state index contributed by atoms with van der Waals surface area (Å²) >= 11 is 0. The Kier molecular flexibility index (Phi) is 15.0. The van der Waals surface area contributed by atoms with E-state index in [9.17, 15) is 18.0 Å². The van der Waals surface area contributed by atoms with Gasteiger partial charge in [-0.25, -0.2) is 17.7 Å². The SMILES string of the molecule is COC(=O)Cc1cnn2ccc(-c3c(OC)cccc3S(=O)(=O)N3CCC(OCCOCCOCCOCCNC(=O)OC(C)(C)C)CC3)cc12. The molecule has 0 aliphatic carbocycles. The molecule has 282 valence electrons. The highest BCUT2D eigenvalue weighted by Crippen LogP contribution is 2.38. The Labute approximate surface area is 299 Å². The number of alkyl carbamates (subject to hydrolysis) is 1. The van der Waals surface area contributed by atoms with Gasteiger partial charge in [0.2, 0.25) is 10.0 Å². The van der Waals surface area contributed by atoms with Crippen LogP contribution in [0.2, 0.25) is 0 Å². The molecule has 16 heteroatoms. The Bertz CT molecular complexity index is 1680. The summed E-state index contributed by atoms with van der Waals surface area (Å²) in [6.45, 7) is 9.13. The van der Waals surface area contributed by atoms with E-state index in [4.69, 9.17) is 33.2 Å². The molecule has 4 rings (SSSR count). The van der Waals surface area contributed by atoms with E-state index in [1.807, 2.05) is 6.07 Å². The summed E-state index contributed by atoms with van der Waals surface area (Å²) in [6.07, 6.45) is 3.90. The van der Waals surface area contributed by atoms with Crippen molar-refractivity contribution in [1.82, 2.24) is 19.2 Å². The maximum absolute atomic E-state index is 14.1. The van der Waals surface area contributed by atoms with E-state index in [0.29, 0.717) is 107 Å². The van der Waals surface area contributed by atoms with Crippen LogP contribution in [0.15, 0.2) is 47.6 Å². The van der Waals surface area contributed by atoms with Crippen LogP contribution in [0.25, 0.3) is 16.6 Å². The lowest BCUT2D eigenvalue weighted by atomic mass is 10.0. The molecule has 0 atom stereocenters. The molecule has 1 aromatic carbocycles. The quantitative estimate of drug-likeness (QED) is 0.141. The number of sulfonamides is 1. The summed E-state index contributed by atoms with van der Waals surface area (Å²) in [5.41, 5.74) is 1.84. The third-order valence-electron chi connectivity index (χ3n) is 7.92. The lowest BCUT2D eigenvalue weighted by Crippen LogP contribution is -2.41. The number of rotatable bonds is 19. The van der Waals surface area contributed by atoms with E-state index >= 15 is 0 Å². The Balaban J connectivity index is 1.18. The van der Waals surface area contributed by atoms with Crippen molar-refractivity contribution >= 4 is 27.6 Å². The predicted octanol–water partition coefficient (Wildman–Crippen LogP) is 3.47. The molecule has 0 unspecified atom stereocenters. The number of piperidine rings is 1. The Hall–Kier alpha value is -3.80. The first kappa shape index (κ1) is 40.0. The van der Waals surface area contributed by atoms with E-state index in [-0.39, 0.29) is 17.4 Å². The van der Waals surface area contributed by atoms with Crippen molar-refractivity contribution in [1.29, 1.82) is 0 Å². The highest BCUT2D eigenvalue weighted by molar-refractivity contribution is 7.89. The van der Waals surface area contributed by atoms with Crippen LogP contribution < -0.4 is 10.1 Å². The molecule has 1 fully saturated rings.